The van der Waals surface area contributed by atoms with E-state index in [2.05, 4.69) is 46.6 Å². The minimum Gasteiger partial charge on any atom is -0.326 e. The highest BCUT2D eigenvalue weighted by molar-refractivity contribution is 5.90. The van der Waals surface area contributed by atoms with Gasteiger partial charge in [-0.15, -0.1) is 0 Å². The molecule has 3 nitrogen and oxygen atoms in total. The predicted octanol–water partition coefficient (Wildman–Crippen LogP) is 4.83. The third kappa shape index (κ3) is 6.16. The summed E-state index contributed by atoms with van der Waals surface area (Å²) in [5.41, 5.74) is 2.14. The molecule has 1 saturated heterocycles. The second kappa shape index (κ2) is 9.93. The monoisotopic (exact) mass is 348 g/mol. The lowest BCUT2D eigenvalue weighted by molar-refractivity contribution is -0.116. The Morgan fingerprint density at radius 2 is 1.65 bits per heavy atom. The average molecular weight is 348 g/mol. The normalized spacial score (nSPS) is 16.0. The molecule has 1 aliphatic rings. The van der Waals surface area contributed by atoms with Gasteiger partial charge in [-0.2, -0.15) is 0 Å². The van der Waals surface area contributed by atoms with Gasteiger partial charge in [-0.1, -0.05) is 60.7 Å². The average Bonchev–Trinajstić information content (AvgIpc) is 2.69. The highest BCUT2D eigenvalue weighted by Crippen LogP contribution is 2.22. The van der Waals surface area contributed by atoms with Gasteiger partial charge in [-0.05, 0) is 56.0 Å². The molecule has 3 rings (SSSR count). The number of carbonyl (C=O) groups is 1. The van der Waals surface area contributed by atoms with Crippen LogP contribution in [0.4, 0.5) is 5.69 Å². The van der Waals surface area contributed by atoms with Gasteiger partial charge in [0.25, 0.3) is 0 Å². The first-order chi connectivity index (χ1) is 12.8. The number of benzene rings is 2. The molecule has 1 heterocycles. The zero-order valence-corrected chi connectivity index (χ0v) is 15.3. The van der Waals surface area contributed by atoms with Crippen molar-refractivity contribution < 1.29 is 4.79 Å². The number of rotatable bonds is 7. The quantitative estimate of drug-likeness (QED) is 0.777. The summed E-state index contributed by atoms with van der Waals surface area (Å²) in [5, 5.41) is 2.98. The van der Waals surface area contributed by atoms with Gasteiger partial charge in [0, 0.05) is 18.7 Å². The first kappa shape index (κ1) is 18.4. The van der Waals surface area contributed by atoms with E-state index in [0.717, 1.165) is 31.7 Å². The number of amides is 1. The highest BCUT2D eigenvalue weighted by Gasteiger charge is 2.19. The molecule has 0 aliphatic carbocycles. The van der Waals surface area contributed by atoms with Crippen molar-refractivity contribution in [1.82, 2.24) is 4.90 Å². The summed E-state index contributed by atoms with van der Waals surface area (Å²) >= 11 is 0. The molecular formula is C23H28N2O. The minimum atomic E-state index is 0.129. The van der Waals surface area contributed by atoms with Crippen LogP contribution >= 0.6 is 0 Å². The van der Waals surface area contributed by atoms with Crippen molar-refractivity contribution in [2.75, 3.05) is 25.0 Å². The first-order valence-electron chi connectivity index (χ1n) is 9.58. The summed E-state index contributed by atoms with van der Waals surface area (Å²) in [7, 11) is 0. The number of nitrogens with zero attached hydrogens (tertiary/aromatic N) is 1. The lowest BCUT2D eigenvalue weighted by Gasteiger charge is -2.31. The molecule has 1 aliphatic heterocycles. The summed E-state index contributed by atoms with van der Waals surface area (Å²) in [6.45, 7) is 3.27. The Hall–Kier alpha value is -2.39. The van der Waals surface area contributed by atoms with Crippen molar-refractivity contribution in [2.45, 2.75) is 25.7 Å². The summed E-state index contributed by atoms with van der Waals surface area (Å²) < 4.78 is 0. The van der Waals surface area contributed by atoms with E-state index in [0.29, 0.717) is 12.3 Å². The fourth-order valence-corrected chi connectivity index (χ4v) is 3.44. The van der Waals surface area contributed by atoms with Gasteiger partial charge in [0.1, 0.15) is 0 Å². The molecule has 0 spiro atoms. The SMILES string of the molecule is O=C(CCC1CCN(C/C=C/c2ccccc2)CC1)Nc1ccccc1. The van der Waals surface area contributed by atoms with E-state index in [1.165, 1.54) is 18.4 Å². The topological polar surface area (TPSA) is 32.3 Å². The molecule has 26 heavy (non-hydrogen) atoms. The minimum absolute atomic E-state index is 0.129. The van der Waals surface area contributed by atoms with Crippen LogP contribution in [-0.4, -0.2) is 30.4 Å². The van der Waals surface area contributed by atoms with Gasteiger partial charge in [-0.25, -0.2) is 0 Å². The van der Waals surface area contributed by atoms with Gasteiger partial charge in [0.2, 0.25) is 5.91 Å². The van der Waals surface area contributed by atoms with Crippen molar-refractivity contribution in [1.29, 1.82) is 0 Å². The van der Waals surface area contributed by atoms with Crippen LogP contribution in [0, 0.1) is 5.92 Å². The van der Waals surface area contributed by atoms with Crippen LogP contribution < -0.4 is 5.32 Å². The second-order valence-corrected chi connectivity index (χ2v) is 7.01. The van der Waals surface area contributed by atoms with Gasteiger partial charge in [-0.3, -0.25) is 9.69 Å². The zero-order valence-electron chi connectivity index (χ0n) is 15.3. The number of nitrogens with one attached hydrogen (secondary N) is 1. The van der Waals surface area contributed by atoms with E-state index in [9.17, 15) is 4.79 Å². The van der Waals surface area contributed by atoms with E-state index in [1.807, 2.05) is 36.4 Å². The molecule has 0 radical (unpaired) electrons. The molecule has 0 atom stereocenters. The molecule has 2 aromatic rings. The predicted molar refractivity (Wildman–Crippen MR) is 109 cm³/mol. The zero-order chi connectivity index (χ0) is 18.0. The Labute approximate surface area is 156 Å². The number of hydrogen-bond donors (Lipinski definition) is 1. The molecule has 3 heteroatoms. The van der Waals surface area contributed by atoms with Crippen molar-refractivity contribution in [3.63, 3.8) is 0 Å². The number of piperidine rings is 1. The lowest BCUT2D eigenvalue weighted by atomic mass is 9.92. The van der Waals surface area contributed by atoms with Gasteiger partial charge in [0.15, 0.2) is 0 Å². The smallest absolute Gasteiger partial charge is 0.224 e. The third-order valence-electron chi connectivity index (χ3n) is 5.02. The van der Waals surface area contributed by atoms with Crippen molar-refractivity contribution in [3.05, 3.63) is 72.3 Å². The van der Waals surface area contributed by atoms with E-state index in [-0.39, 0.29) is 5.91 Å². The maximum absolute atomic E-state index is 12.1. The van der Waals surface area contributed by atoms with Crippen molar-refractivity contribution in [2.24, 2.45) is 5.92 Å². The lowest BCUT2D eigenvalue weighted by Crippen LogP contribution is -2.34. The maximum Gasteiger partial charge on any atom is 0.224 e. The van der Waals surface area contributed by atoms with Crippen LogP contribution in [0.1, 0.15) is 31.2 Å². The fourth-order valence-electron chi connectivity index (χ4n) is 3.44. The molecule has 136 valence electrons. The molecule has 0 aromatic heterocycles. The molecule has 2 aromatic carbocycles. The molecule has 1 fully saturated rings. The number of hydrogen-bond acceptors (Lipinski definition) is 2. The Bertz CT molecular complexity index is 689. The van der Waals surface area contributed by atoms with Gasteiger partial charge >= 0.3 is 0 Å². The molecular weight excluding hydrogens is 320 g/mol. The number of likely N-dealkylation sites (tertiary alicyclic amines) is 1. The van der Waals surface area contributed by atoms with Crippen LogP contribution in [-0.2, 0) is 4.79 Å². The van der Waals surface area contributed by atoms with Crippen molar-refractivity contribution in [3.8, 4) is 0 Å². The Kier molecular flexibility index (Phi) is 7.03. The Morgan fingerprint density at radius 3 is 2.35 bits per heavy atom. The standard InChI is InChI=1S/C23H28N2O/c26-23(24-22-11-5-2-6-12-22)14-13-21-15-18-25(19-16-21)17-7-10-20-8-3-1-4-9-20/h1-12,21H,13-19H2,(H,24,26)/b10-7+. The molecule has 0 saturated carbocycles. The molecule has 0 unspecified atom stereocenters. The maximum atomic E-state index is 12.1. The van der Waals surface area contributed by atoms with E-state index >= 15 is 0 Å². The van der Waals surface area contributed by atoms with Crippen LogP contribution in [0.15, 0.2) is 66.7 Å². The highest BCUT2D eigenvalue weighted by atomic mass is 16.1. The molecule has 0 bridgehead atoms. The van der Waals surface area contributed by atoms with Gasteiger partial charge < -0.3 is 5.32 Å². The molecule has 1 N–H and O–H groups in total. The van der Waals surface area contributed by atoms with Gasteiger partial charge in [0.05, 0.1) is 0 Å². The second-order valence-electron chi connectivity index (χ2n) is 7.01. The summed E-state index contributed by atoms with van der Waals surface area (Å²) in [6, 6.07) is 20.1. The van der Waals surface area contributed by atoms with E-state index < -0.39 is 0 Å². The Morgan fingerprint density at radius 1 is 1.00 bits per heavy atom. The van der Waals surface area contributed by atoms with Crippen molar-refractivity contribution >= 4 is 17.7 Å². The van der Waals surface area contributed by atoms with Crippen LogP contribution in [0.2, 0.25) is 0 Å². The number of carbonyl (C=O) groups excluding carboxylic acids is 1. The number of para-hydroxylation sites is 1. The third-order valence-corrected chi connectivity index (χ3v) is 5.02. The summed E-state index contributed by atoms with van der Waals surface area (Å²) in [4.78, 5) is 14.6. The van der Waals surface area contributed by atoms with Crippen LogP contribution in [0.25, 0.3) is 6.08 Å². The summed E-state index contributed by atoms with van der Waals surface area (Å²) in [5.74, 6) is 0.801. The van der Waals surface area contributed by atoms with Crippen LogP contribution in [0.3, 0.4) is 0 Å². The largest absolute Gasteiger partial charge is 0.326 e. The Balaban J connectivity index is 1.32. The number of anilines is 1. The first-order valence-corrected chi connectivity index (χ1v) is 9.58. The fraction of sp³-hybridized carbons (Fsp3) is 0.348. The molecule has 1 amide bonds. The van der Waals surface area contributed by atoms with E-state index in [1.54, 1.807) is 0 Å². The van der Waals surface area contributed by atoms with E-state index in [4.69, 9.17) is 0 Å². The summed E-state index contributed by atoms with van der Waals surface area (Å²) in [6.07, 6.45) is 8.44. The van der Waals surface area contributed by atoms with Crippen LogP contribution in [0.5, 0.6) is 0 Å².